The molecule has 240 valence electrons. The van der Waals surface area contributed by atoms with Gasteiger partial charge in [0.15, 0.2) is 0 Å². The number of aliphatic hydroxyl groups is 2. The van der Waals surface area contributed by atoms with Crippen LogP contribution in [0.25, 0.3) is 0 Å². The number of nitrogens with one attached hydrogen (secondary N) is 2. The van der Waals surface area contributed by atoms with Crippen LogP contribution in [0, 0.1) is 0 Å². The van der Waals surface area contributed by atoms with E-state index in [1.165, 1.54) is 7.11 Å². The van der Waals surface area contributed by atoms with E-state index in [1.54, 1.807) is 0 Å². The van der Waals surface area contributed by atoms with Crippen LogP contribution >= 0.6 is 0 Å². The third kappa shape index (κ3) is 24.5. The molecule has 43 heavy (non-hydrogen) atoms. The summed E-state index contributed by atoms with van der Waals surface area (Å²) in [5, 5.41) is 23.6. The quantitative estimate of drug-likeness (QED) is 0.0562. The Labute approximate surface area is 256 Å². The molecule has 10 nitrogen and oxygen atoms in total. The first-order valence-corrected chi connectivity index (χ1v) is 14.9. The molecule has 0 aliphatic rings. The highest BCUT2D eigenvalue weighted by Gasteiger charge is 2.24. The van der Waals surface area contributed by atoms with Gasteiger partial charge in [-0.25, -0.2) is 9.59 Å². The second kappa shape index (κ2) is 28.4. The summed E-state index contributed by atoms with van der Waals surface area (Å²) in [7, 11) is 1.20. The summed E-state index contributed by atoms with van der Waals surface area (Å²) in [4.78, 5) is 47.8. The third-order valence-electron chi connectivity index (χ3n) is 5.78. The summed E-state index contributed by atoms with van der Waals surface area (Å²) < 4.78 is 9.49. The number of esters is 2. The average molecular weight is 603 g/mol. The minimum atomic E-state index is -1.09. The first-order valence-electron chi connectivity index (χ1n) is 14.9. The van der Waals surface area contributed by atoms with Gasteiger partial charge in [-0.05, 0) is 57.8 Å². The average Bonchev–Trinajstić information content (AvgIpc) is 3.01. The molecule has 0 aromatic rings. The van der Waals surface area contributed by atoms with Gasteiger partial charge in [-0.3, -0.25) is 9.59 Å². The lowest BCUT2D eigenvalue weighted by molar-refractivity contribution is -0.157. The van der Waals surface area contributed by atoms with Crippen molar-refractivity contribution in [1.29, 1.82) is 0 Å². The van der Waals surface area contributed by atoms with E-state index in [1.807, 2.05) is 12.2 Å². The number of carbonyl (C=O) groups is 4. The molecule has 0 radical (unpaired) electrons. The van der Waals surface area contributed by atoms with Gasteiger partial charge in [-0.2, -0.15) is 0 Å². The van der Waals surface area contributed by atoms with Crippen LogP contribution in [0.15, 0.2) is 72.9 Å². The van der Waals surface area contributed by atoms with E-state index < -0.39 is 43.2 Å². The summed E-state index contributed by atoms with van der Waals surface area (Å²) in [6.45, 7) is 1.19. The minimum Gasteiger partial charge on any atom is -0.466 e. The molecule has 0 heterocycles. The molecule has 0 aromatic heterocycles. The van der Waals surface area contributed by atoms with Crippen molar-refractivity contribution in [3.05, 3.63) is 72.9 Å². The molecule has 2 amide bonds. The summed E-state index contributed by atoms with van der Waals surface area (Å²) in [5.41, 5.74) is 0. The number of carbonyl (C=O) groups excluding carboxylic acids is 4. The smallest absolute Gasteiger partial charge is 0.330 e. The monoisotopic (exact) mass is 602 g/mol. The number of methoxy groups -OCH3 is 1. The molecule has 0 aliphatic heterocycles. The Balaban J connectivity index is 4.42. The van der Waals surface area contributed by atoms with Crippen LogP contribution < -0.4 is 10.6 Å². The van der Waals surface area contributed by atoms with E-state index in [0.717, 1.165) is 44.3 Å². The summed E-state index contributed by atoms with van der Waals surface area (Å²) in [5.74, 6) is -2.28. The molecule has 1 atom stereocenters. The van der Waals surface area contributed by atoms with E-state index in [-0.39, 0.29) is 25.3 Å². The number of ether oxygens (including phenoxy) is 2. The van der Waals surface area contributed by atoms with Crippen molar-refractivity contribution < 1.29 is 38.9 Å². The maximum absolute atomic E-state index is 12.5. The van der Waals surface area contributed by atoms with Gasteiger partial charge in [-0.1, -0.05) is 67.7 Å². The van der Waals surface area contributed by atoms with Gasteiger partial charge in [0, 0.05) is 25.1 Å². The lowest BCUT2D eigenvalue weighted by Crippen LogP contribution is -2.44. The maximum atomic E-state index is 12.5. The minimum absolute atomic E-state index is 0.157. The van der Waals surface area contributed by atoms with E-state index in [4.69, 9.17) is 4.74 Å². The van der Waals surface area contributed by atoms with Gasteiger partial charge >= 0.3 is 11.9 Å². The van der Waals surface area contributed by atoms with Crippen molar-refractivity contribution in [2.75, 3.05) is 26.9 Å². The SMILES string of the molecule is CCC=CCC=CCC=CCC=CCC=CCCCC(=O)N[C@@H](CCCNC(=O)C=CC(=O)OC)C(=O)OC(CO)CO. The molecule has 0 aliphatic carbocycles. The number of allylic oxidation sites excluding steroid dienone is 10. The number of hydrogen-bond donors (Lipinski definition) is 4. The second-order valence-electron chi connectivity index (χ2n) is 9.43. The molecule has 0 bridgehead atoms. The number of unbranched alkanes of at least 4 members (excludes halogenated alkanes) is 1. The number of aliphatic hydroxyl groups excluding tert-OH is 2. The molecule has 0 rings (SSSR count). The second-order valence-corrected chi connectivity index (χ2v) is 9.43. The van der Waals surface area contributed by atoms with E-state index >= 15 is 0 Å². The fraction of sp³-hybridized carbons (Fsp3) is 0.515. The summed E-state index contributed by atoms with van der Waals surface area (Å²) in [6, 6.07) is -1.01. The zero-order chi connectivity index (χ0) is 32.0. The van der Waals surface area contributed by atoms with Crippen LogP contribution in [0.5, 0.6) is 0 Å². The van der Waals surface area contributed by atoms with Gasteiger partial charge in [0.25, 0.3) is 0 Å². The Morgan fingerprint density at radius 3 is 1.86 bits per heavy atom. The third-order valence-corrected chi connectivity index (χ3v) is 5.78. The Bertz CT molecular complexity index is 962. The first-order chi connectivity index (χ1) is 20.9. The van der Waals surface area contributed by atoms with Crippen molar-refractivity contribution in [2.45, 2.75) is 83.3 Å². The van der Waals surface area contributed by atoms with Crippen molar-refractivity contribution in [1.82, 2.24) is 10.6 Å². The first kappa shape index (κ1) is 39.2. The Hall–Kier alpha value is -3.76. The largest absolute Gasteiger partial charge is 0.466 e. The van der Waals surface area contributed by atoms with Gasteiger partial charge < -0.3 is 30.3 Å². The van der Waals surface area contributed by atoms with E-state index in [0.29, 0.717) is 19.3 Å². The van der Waals surface area contributed by atoms with Crippen LogP contribution in [0.3, 0.4) is 0 Å². The predicted molar refractivity (Wildman–Crippen MR) is 168 cm³/mol. The highest BCUT2D eigenvalue weighted by Crippen LogP contribution is 2.06. The van der Waals surface area contributed by atoms with Gasteiger partial charge in [0.2, 0.25) is 11.8 Å². The summed E-state index contributed by atoms with van der Waals surface area (Å²) >= 11 is 0. The molecule has 0 aromatic carbocycles. The summed E-state index contributed by atoms with van der Waals surface area (Å²) in [6.07, 6.45) is 28.8. The number of hydrogen-bond acceptors (Lipinski definition) is 8. The standard InChI is InChI=1S/C33H50N2O8/c1-3-4-5-6-7-8-9-10-11-12-13-14-15-16-17-18-19-22-31(39)35-29(33(41)43-28(26-36)27-37)21-20-25-34-30(38)23-24-32(40)42-2/h4-5,7-8,10-11,13-14,16-17,23-24,28-29,36-37H,3,6,9,12,15,18-22,25-27H2,1-2H3,(H,34,38)(H,35,39)/t29-/m0/s1. The van der Waals surface area contributed by atoms with Crippen LogP contribution in [0.1, 0.15) is 71.1 Å². The molecule has 0 spiro atoms. The van der Waals surface area contributed by atoms with Gasteiger partial charge in [-0.15, -0.1) is 0 Å². The van der Waals surface area contributed by atoms with Crippen molar-refractivity contribution in [3.63, 3.8) is 0 Å². The molecule has 4 N–H and O–H groups in total. The molecule has 0 saturated heterocycles. The van der Waals surface area contributed by atoms with Crippen LogP contribution in [-0.2, 0) is 28.7 Å². The van der Waals surface area contributed by atoms with E-state index in [2.05, 4.69) is 70.9 Å². The Kier molecular flexibility index (Phi) is 25.9. The zero-order valence-electron chi connectivity index (χ0n) is 25.6. The van der Waals surface area contributed by atoms with E-state index in [9.17, 15) is 29.4 Å². The number of rotatable bonds is 24. The Morgan fingerprint density at radius 1 is 0.767 bits per heavy atom. The van der Waals surface area contributed by atoms with Gasteiger partial charge in [0.1, 0.15) is 12.1 Å². The fourth-order valence-electron chi connectivity index (χ4n) is 3.43. The molecule has 10 heteroatoms. The zero-order valence-corrected chi connectivity index (χ0v) is 25.6. The lowest BCUT2D eigenvalue weighted by atomic mass is 10.1. The predicted octanol–water partition coefficient (Wildman–Crippen LogP) is 3.91. The molecule has 0 saturated carbocycles. The molecular formula is C33H50N2O8. The highest BCUT2D eigenvalue weighted by atomic mass is 16.6. The van der Waals surface area contributed by atoms with Crippen molar-refractivity contribution in [3.8, 4) is 0 Å². The molecule has 0 fully saturated rings. The maximum Gasteiger partial charge on any atom is 0.330 e. The molecular weight excluding hydrogens is 552 g/mol. The number of amides is 2. The fourth-order valence-corrected chi connectivity index (χ4v) is 3.43. The van der Waals surface area contributed by atoms with Crippen LogP contribution in [0.2, 0.25) is 0 Å². The Morgan fingerprint density at radius 2 is 1.33 bits per heavy atom. The van der Waals surface area contributed by atoms with Crippen molar-refractivity contribution in [2.24, 2.45) is 0 Å². The van der Waals surface area contributed by atoms with Gasteiger partial charge in [0.05, 0.1) is 20.3 Å². The molecule has 0 unspecified atom stereocenters. The highest BCUT2D eigenvalue weighted by molar-refractivity contribution is 5.94. The van der Waals surface area contributed by atoms with Crippen molar-refractivity contribution >= 4 is 23.8 Å². The normalized spacial score (nSPS) is 12.9. The van der Waals surface area contributed by atoms with Crippen LogP contribution in [-0.4, -0.2) is 73.0 Å². The lowest BCUT2D eigenvalue weighted by Gasteiger charge is -2.20. The topological polar surface area (TPSA) is 151 Å². The van der Waals surface area contributed by atoms with Crippen LogP contribution in [0.4, 0.5) is 0 Å².